The molecule has 0 aliphatic heterocycles. The van der Waals surface area contributed by atoms with E-state index in [1.807, 2.05) is 26.0 Å². The van der Waals surface area contributed by atoms with Crippen molar-refractivity contribution in [2.24, 2.45) is 4.99 Å². The highest BCUT2D eigenvalue weighted by Crippen LogP contribution is 2.39. The average molecular weight is 386 g/mol. The van der Waals surface area contributed by atoms with Gasteiger partial charge in [0.25, 0.3) is 5.56 Å². The van der Waals surface area contributed by atoms with Gasteiger partial charge in [0.15, 0.2) is 0 Å². The number of rotatable bonds is 8. The largest absolute Gasteiger partial charge is 0.506 e. The summed E-state index contributed by atoms with van der Waals surface area (Å²) in [6.07, 6.45) is 0.541. The molecule has 0 spiro atoms. The molecule has 0 atom stereocenters. The third-order valence-corrected chi connectivity index (χ3v) is 4.15. The Morgan fingerprint density at radius 3 is 2.61 bits per heavy atom. The van der Waals surface area contributed by atoms with Gasteiger partial charge in [-0.2, -0.15) is 0 Å². The van der Waals surface area contributed by atoms with Crippen molar-refractivity contribution < 1.29 is 19.3 Å². The van der Waals surface area contributed by atoms with Crippen molar-refractivity contribution in [3.8, 4) is 22.6 Å². The van der Waals surface area contributed by atoms with E-state index in [0.717, 1.165) is 0 Å². The summed E-state index contributed by atoms with van der Waals surface area (Å²) >= 11 is 0. The minimum Gasteiger partial charge on any atom is -0.506 e. The molecule has 0 unspecified atom stereocenters. The summed E-state index contributed by atoms with van der Waals surface area (Å²) in [5.74, 6) is 0.705. The highest BCUT2D eigenvalue weighted by molar-refractivity contribution is 5.99. The van der Waals surface area contributed by atoms with Gasteiger partial charge in [-0.1, -0.05) is 31.7 Å². The number of hydrogen-bond acceptors (Lipinski definition) is 6. The molecule has 0 fully saturated rings. The number of H-pyrrole nitrogens is 1. The zero-order chi connectivity index (χ0) is 20.7. The van der Waals surface area contributed by atoms with Gasteiger partial charge < -0.3 is 24.3 Å². The zero-order valence-corrected chi connectivity index (χ0v) is 16.7. The third kappa shape index (κ3) is 4.43. The Balaban J connectivity index is 2.77. The van der Waals surface area contributed by atoms with Crippen LogP contribution in [0.15, 0.2) is 46.4 Å². The van der Waals surface area contributed by atoms with Crippen LogP contribution in [0.25, 0.3) is 11.1 Å². The monoisotopic (exact) mass is 386 g/mol. The number of nitrogens with one attached hydrogen (secondary N) is 1. The van der Waals surface area contributed by atoms with Gasteiger partial charge in [0.1, 0.15) is 17.1 Å². The number of pyridine rings is 1. The van der Waals surface area contributed by atoms with Crippen LogP contribution in [-0.2, 0) is 16.1 Å². The van der Waals surface area contributed by atoms with E-state index in [9.17, 15) is 9.90 Å². The maximum absolute atomic E-state index is 12.7. The second-order valence-corrected chi connectivity index (χ2v) is 5.89. The van der Waals surface area contributed by atoms with Crippen LogP contribution in [0.2, 0.25) is 0 Å². The number of aromatic nitrogens is 1. The van der Waals surface area contributed by atoms with Crippen LogP contribution in [0.5, 0.6) is 11.5 Å². The molecule has 1 aromatic carbocycles. The SMILES string of the molecule is C=C(CC)OC(=NC)c1c(O)c(-c2ccccc2OC)c(COCC)[nH]c1=O. The molecule has 1 heterocycles. The topological polar surface area (TPSA) is 93.1 Å². The summed E-state index contributed by atoms with van der Waals surface area (Å²) in [5, 5.41) is 11.1. The molecule has 7 heteroatoms. The number of allylic oxidation sites excluding steroid dienone is 1. The Bertz CT molecular complexity index is 931. The molecule has 0 amide bonds. The fourth-order valence-electron chi connectivity index (χ4n) is 2.71. The van der Waals surface area contributed by atoms with Crippen molar-refractivity contribution in [2.75, 3.05) is 20.8 Å². The number of aromatic hydroxyl groups is 1. The fraction of sp³-hybridized carbons (Fsp3) is 0.333. The summed E-state index contributed by atoms with van der Waals surface area (Å²) in [6, 6.07) is 7.20. The average Bonchev–Trinajstić information content (AvgIpc) is 2.71. The fourth-order valence-corrected chi connectivity index (χ4v) is 2.71. The molecule has 1 aromatic heterocycles. The zero-order valence-electron chi connectivity index (χ0n) is 16.7. The van der Waals surface area contributed by atoms with Gasteiger partial charge in [0.2, 0.25) is 5.90 Å². The van der Waals surface area contributed by atoms with Crippen LogP contribution in [0.4, 0.5) is 0 Å². The molecular weight excluding hydrogens is 360 g/mol. The first kappa shape index (κ1) is 21.2. The Hall–Kier alpha value is -3.06. The molecule has 0 bridgehead atoms. The van der Waals surface area contributed by atoms with Gasteiger partial charge in [0, 0.05) is 25.6 Å². The maximum Gasteiger partial charge on any atom is 0.264 e. The minimum absolute atomic E-state index is 0.00953. The Kier molecular flexibility index (Phi) is 7.40. The molecule has 2 rings (SSSR count). The van der Waals surface area contributed by atoms with Crippen molar-refractivity contribution in [2.45, 2.75) is 26.9 Å². The van der Waals surface area contributed by atoms with Crippen LogP contribution in [0, 0.1) is 0 Å². The van der Waals surface area contributed by atoms with Crippen molar-refractivity contribution in [1.82, 2.24) is 4.98 Å². The highest BCUT2D eigenvalue weighted by atomic mass is 16.5. The summed E-state index contributed by atoms with van der Waals surface area (Å²) in [7, 11) is 3.02. The lowest BCUT2D eigenvalue weighted by Crippen LogP contribution is -2.23. The number of methoxy groups -OCH3 is 1. The molecule has 0 radical (unpaired) electrons. The van der Waals surface area contributed by atoms with E-state index in [1.54, 1.807) is 12.1 Å². The molecule has 0 saturated heterocycles. The number of aromatic amines is 1. The van der Waals surface area contributed by atoms with Crippen molar-refractivity contribution in [3.05, 3.63) is 58.2 Å². The minimum atomic E-state index is -0.532. The van der Waals surface area contributed by atoms with E-state index in [-0.39, 0.29) is 23.8 Å². The van der Waals surface area contributed by atoms with Crippen molar-refractivity contribution in [1.29, 1.82) is 0 Å². The molecule has 7 nitrogen and oxygen atoms in total. The predicted octanol–water partition coefficient (Wildman–Crippen LogP) is 3.61. The lowest BCUT2D eigenvalue weighted by molar-refractivity contribution is 0.131. The van der Waals surface area contributed by atoms with Gasteiger partial charge >= 0.3 is 0 Å². The van der Waals surface area contributed by atoms with Crippen molar-refractivity contribution in [3.63, 3.8) is 0 Å². The summed E-state index contributed by atoms with van der Waals surface area (Å²) in [5.41, 5.74) is 0.836. The van der Waals surface area contributed by atoms with E-state index >= 15 is 0 Å². The summed E-state index contributed by atoms with van der Waals surface area (Å²) in [6.45, 7) is 8.06. The van der Waals surface area contributed by atoms with Crippen molar-refractivity contribution >= 4 is 5.90 Å². The van der Waals surface area contributed by atoms with Gasteiger partial charge in [-0.25, -0.2) is 0 Å². The van der Waals surface area contributed by atoms with Gasteiger partial charge in [-0.3, -0.25) is 9.79 Å². The predicted molar refractivity (Wildman–Crippen MR) is 109 cm³/mol. The molecule has 2 N–H and O–H groups in total. The molecule has 150 valence electrons. The number of benzene rings is 1. The molecule has 28 heavy (non-hydrogen) atoms. The lowest BCUT2D eigenvalue weighted by Gasteiger charge is -2.18. The van der Waals surface area contributed by atoms with Crippen LogP contribution in [0.1, 0.15) is 31.5 Å². The highest BCUT2D eigenvalue weighted by Gasteiger charge is 2.25. The number of nitrogens with zero attached hydrogens (tertiary/aromatic N) is 1. The lowest BCUT2D eigenvalue weighted by atomic mass is 9.99. The number of ether oxygens (including phenoxy) is 3. The Morgan fingerprint density at radius 2 is 2.00 bits per heavy atom. The van der Waals surface area contributed by atoms with Gasteiger partial charge in [0.05, 0.1) is 30.7 Å². The maximum atomic E-state index is 12.7. The van der Waals surface area contributed by atoms with Crippen LogP contribution in [0.3, 0.4) is 0 Å². The van der Waals surface area contributed by atoms with Crippen LogP contribution in [-0.4, -0.2) is 36.8 Å². The van der Waals surface area contributed by atoms with E-state index in [4.69, 9.17) is 14.2 Å². The number of aliphatic imine (C=N–C) groups is 1. The van der Waals surface area contributed by atoms with E-state index < -0.39 is 5.56 Å². The Labute approximate surface area is 164 Å². The summed E-state index contributed by atoms with van der Waals surface area (Å²) < 4.78 is 16.5. The second-order valence-electron chi connectivity index (χ2n) is 5.89. The third-order valence-electron chi connectivity index (χ3n) is 4.15. The molecule has 2 aromatic rings. The molecule has 0 aliphatic rings. The summed E-state index contributed by atoms with van der Waals surface area (Å²) in [4.78, 5) is 19.6. The van der Waals surface area contributed by atoms with Crippen LogP contribution < -0.4 is 10.3 Å². The van der Waals surface area contributed by atoms with Gasteiger partial charge in [-0.15, -0.1) is 0 Å². The van der Waals surface area contributed by atoms with Crippen LogP contribution >= 0.6 is 0 Å². The standard InChI is InChI=1S/C21H26N2O5/c1-6-13(3)28-21(22-4)18-19(24)17(14-10-8-9-11-16(14)26-5)15(12-27-7-2)23-20(18)25/h8-11H,3,6-7,12H2,1-2,4-5H3,(H2,23,24,25). The Morgan fingerprint density at radius 1 is 1.29 bits per heavy atom. The first-order chi connectivity index (χ1) is 13.5. The molecule has 0 aliphatic carbocycles. The first-order valence-electron chi connectivity index (χ1n) is 9.00. The quantitative estimate of drug-likeness (QED) is 0.411. The second kappa shape index (κ2) is 9.75. The molecular formula is C21H26N2O5. The number of para-hydroxylation sites is 1. The molecule has 0 saturated carbocycles. The first-order valence-corrected chi connectivity index (χ1v) is 9.00. The normalized spacial score (nSPS) is 11.4. The van der Waals surface area contributed by atoms with E-state index in [0.29, 0.717) is 41.4 Å². The van der Waals surface area contributed by atoms with Gasteiger partial charge in [-0.05, 0) is 13.0 Å². The number of hydrogen-bond donors (Lipinski definition) is 2. The smallest absolute Gasteiger partial charge is 0.264 e. The van der Waals surface area contributed by atoms with E-state index in [1.165, 1.54) is 14.2 Å². The van der Waals surface area contributed by atoms with E-state index in [2.05, 4.69) is 16.6 Å².